The number of carbonyl (C=O) groups is 2. The zero-order valence-electron chi connectivity index (χ0n) is 8.06. The molecule has 80 valence electrons. The van der Waals surface area contributed by atoms with Crippen molar-refractivity contribution < 1.29 is 14.7 Å². The van der Waals surface area contributed by atoms with Crippen molar-refractivity contribution in [3.05, 3.63) is 11.1 Å². The topological polar surface area (TPSA) is 79.3 Å². The van der Waals surface area contributed by atoms with Gasteiger partial charge in [-0.3, -0.25) is 9.59 Å². The Bertz CT molecular complexity index is 415. The van der Waals surface area contributed by atoms with E-state index in [0.717, 1.165) is 5.69 Å². The molecule has 1 heterocycles. The van der Waals surface area contributed by atoms with Crippen LogP contribution in [0.5, 0.6) is 0 Å². The molecule has 1 aliphatic rings. The summed E-state index contributed by atoms with van der Waals surface area (Å²) in [6.07, 6.45) is 0.436. The van der Waals surface area contributed by atoms with Crippen molar-refractivity contribution >= 4 is 28.3 Å². The van der Waals surface area contributed by atoms with Crippen LogP contribution in [0.25, 0.3) is 0 Å². The van der Waals surface area contributed by atoms with Gasteiger partial charge in [0.05, 0.1) is 17.5 Å². The van der Waals surface area contributed by atoms with E-state index in [9.17, 15) is 9.59 Å². The summed E-state index contributed by atoms with van der Waals surface area (Å²) in [7, 11) is 0. The van der Waals surface area contributed by atoms with Gasteiger partial charge in [0, 0.05) is 5.38 Å². The third kappa shape index (κ3) is 2.15. The number of amides is 1. The van der Waals surface area contributed by atoms with Crippen molar-refractivity contribution in [1.29, 1.82) is 0 Å². The van der Waals surface area contributed by atoms with E-state index >= 15 is 0 Å². The Morgan fingerprint density at radius 3 is 2.80 bits per heavy atom. The number of aromatic nitrogens is 1. The summed E-state index contributed by atoms with van der Waals surface area (Å²) in [4.78, 5) is 26.1. The molecule has 1 aliphatic carbocycles. The number of hydrogen-bond donors (Lipinski definition) is 2. The number of thiazole rings is 1. The van der Waals surface area contributed by atoms with Crippen LogP contribution >= 0.6 is 11.3 Å². The quantitative estimate of drug-likeness (QED) is 0.809. The fraction of sp³-hybridized carbons (Fsp3) is 0.444. The maximum atomic E-state index is 11.5. The van der Waals surface area contributed by atoms with Crippen molar-refractivity contribution in [2.24, 2.45) is 11.8 Å². The number of hydrogen-bond acceptors (Lipinski definition) is 4. The lowest BCUT2D eigenvalue weighted by atomic mass is 10.3. The zero-order valence-corrected chi connectivity index (χ0v) is 8.87. The third-order valence-electron chi connectivity index (χ3n) is 2.29. The van der Waals surface area contributed by atoms with Crippen LogP contribution in [0.15, 0.2) is 5.38 Å². The third-order valence-corrected chi connectivity index (χ3v) is 3.17. The standard InChI is InChI=1S/C9H10N2O3S/c1-4-3-15-9(10-4)11-7(12)5-2-6(5)8(13)14/h3,5-6H,2H2,1H3,(H,13,14)(H,10,11,12). The summed E-state index contributed by atoms with van der Waals surface area (Å²) in [5.74, 6) is -2.03. The molecular weight excluding hydrogens is 216 g/mol. The molecule has 0 aliphatic heterocycles. The molecule has 1 amide bonds. The van der Waals surface area contributed by atoms with Gasteiger partial charge < -0.3 is 10.4 Å². The molecule has 1 fully saturated rings. The minimum absolute atomic E-state index is 0.239. The maximum Gasteiger partial charge on any atom is 0.307 e. The van der Waals surface area contributed by atoms with Crippen molar-refractivity contribution in [3.8, 4) is 0 Å². The van der Waals surface area contributed by atoms with Gasteiger partial charge in [-0.25, -0.2) is 4.98 Å². The molecule has 6 heteroatoms. The Labute approximate surface area is 90.1 Å². The van der Waals surface area contributed by atoms with Crippen molar-refractivity contribution in [1.82, 2.24) is 4.98 Å². The molecule has 0 bridgehead atoms. The summed E-state index contributed by atoms with van der Waals surface area (Å²) in [6.45, 7) is 1.84. The normalized spacial score (nSPS) is 23.5. The van der Waals surface area contributed by atoms with Crippen LogP contribution in [0.3, 0.4) is 0 Å². The lowest BCUT2D eigenvalue weighted by molar-refractivity contribution is -0.139. The molecular formula is C9H10N2O3S. The van der Waals surface area contributed by atoms with E-state index in [-0.39, 0.29) is 11.8 Å². The minimum Gasteiger partial charge on any atom is -0.481 e. The second-order valence-corrected chi connectivity index (χ2v) is 4.43. The van der Waals surface area contributed by atoms with Gasteiger partial charge in [-0.1, -0.05) is 0 Å². The molecule has 2 N–H and O–H groups in total. The lowest BCUT2D eigenvalue weighted by Crippen LogP contribution is -2.16. The molecule has 1 aromatic heterocycles. The van der Waals surface area contributed by atoms with Gasteiger partial charge in [-0.05, 0) is 13.3 Å². The Morgan fingerprint density at radius 1 is 1.60 bits per heavy atom. The molecule has 0 saturated heterocycles. The van der Waals surface area contributed by atoms with Crippen LogP contribution in [-0.4, -0.2) is 22.0 Å². The molecule has 1 aromatic rings. The average molecular weight is 226 g/mol. The van der Waals surface area contributed by atoms with Crippen LogP contribution < -0.4 is 5.32 Å². The first-order valence-electron chi connectivity index (χ1n) is 4.53. The Balaban J connectivity index is 1.92. The van der Waals surface area contributed by atoms with Gasteiger partial charge in [-0.2, -0.15) is 0 Å². The maximum absolute atomic E-state index is 11.5. The Morgan fingerprint density at radius 2 is 2.33 bits per heavy atom. The number of carboxylic acid groups (broad SMARTS) is 1. The van der Waals surface area contributed by atoms with Crippen LogP contribution in [-0.2, 0) is 9.59 Å². The smallest absolute Gasteiger partial charge is 0.307 e. The number of aliphatic carboxylic acids is 1. The van der Waals surface area contributed by atoms with E-state index in [4.69, 9.17) is 5.11 Å². The summed E-state index contributed by atoms with van der Waals surface area (Å²) in [5, 5.41) is 13.6. The molecule has 2 unspecified atom stereocenters. The first kappa shape index (κ1) is 10.1. The summed E-state index contributed by atoms with van der Waals surface area (Å²) < 4.78 is 0. The number of anilines is 1. The van der Waals surface area contributed by atoms with Crippen LogP contribution in [0.1, 0.15) is 12.1 Å². The van der Waals surface area contributed by atoms with Gasteiger partial charge in [0.15, 0.2) is 5.13 Å². The Hall–Kier alpha value is -1.43. The molecule has 1 saturated carbocycles. The highest BCUT2D eigenvalue weighted by Crippen LogP contribution is 2.39. The van der Waals surface area contributed by atoms with Gasteiger partial charge in [0.25, 0.3) is 0 Å². The van der Waals surface area contributed by atoms with Crippen molar-refractivity contribution in [2.45, 2.75) is 13.3 Å². The van der Waals surface area contributed by atoms with Gasteiger partial charge in [0.1, 0.15) is 0 Å². The molecule has 0 spiro atoms. The predicted molar refractivity (Wildman–Crippen MR) is 54.7 cm³/mol. The number of nitrogens with one attached hydrogen (secondary N) is 1. The second-order valence-electron chi connectivity index (χ2n) is 3.57. The summed E-state index contributed by atoms with van der Waals surface area (Å²) >= 11 is 1.34. The van der Waals surface area contributed by atoms with Gasteiger partial charge in [-0.15, -0.1) is 11.3 Å². The highest BCUT2D eigenvalue weighted by Gasteiger charge is 2.48. The molecule has 15 heavy (non-hydrogen) atoms. The fourth-order valence-electron chi connectivity index (χ4n) is 1.37. The number of rotatable bonds is 3. The monoisotopic (exact) mass is 226 g/mol. The average Bonchev–Trinajstić information content (AvgIpc) is 2.86. The van der Waals surface area contributed by atoms with E-state index < -0.39 is 11.9 Å². The second kappa shape index (κ2) is 3.62. The van der Waals surface area contributed by atoms with Crippen LogP contribution in [0.2, 0.25) is 0 Å². The van der Waals surface area contributed by atoms with Crippen molar-refractivity contribution in [2.75, 3.05) is 5.32 Å². The van der Waals surface area contributed by atoms with E-state index in [1.807, 2.05) is 12.3 Å². The first-order valence-corrected chi connectivity index (χ1v) is 5.41. The number of carboxylic acids is 1. The fourth-order valence-corrected chi connectivity index (χ4v) is 2.06. The summed E-state index contributed by atoms with van der Waals surface area (Å²) in [6, 6.07) is 0. The van der Waals surface area contributed by atoms with E-state index in [0.29, 0.717) is 11.6 Å². The van der Waals surface area contributed by atoms with Crippen molar-refractivity contribution in [3.63, 3.8) is 0 Å². The molecule has 0 aromatic carbocycles. The largest absolute Gasteiger partial charge is 0.481 e. The SMILES string of the molecule is Cc1csc(NC(=O)C2CC2C(=O)O)n1. The van der Waals surface area contributed by atoms with E-state index in [1.54, 1.807) is 0 Å². The summed E-state index contributed by atoms with van der Waals surface area (Å²) in [5.41, 5.74) is 0.848. The highest BCUT2D eigenvalue weighted by atomic mass is 32.1. The highest BCUT2D eigenvalue weighted by molar-refractivity contribution is 7.13. The van der Waals surface area contributed by atoms with Gasteiger partial charge >= 0.3 is 5.97 Å². The number of nitrogens with zero attached hydrogens (tertiary/aromatic N) is 1. The predicted octanol–water partition coefficient (Wildman–Crippen LogP) is 1.11. The molecule has 2 rings (SSSR count). The minimum atomic E-state index is -0.898. The molecule has 5 nitrogen and oxygen atoms in total. The zero-order chi connectivity index (χ0) is 11.0. The van der Waals surface area contributed by atoms with E-state index in [2.05, 4.69) is 10.3 Å². The molecule has 0 radical (unpaired) electrons. The Kier molecular flexibility index (Phi) is 2.44. The van der Waals surface area contributed by atoms with Gasteiger partial charge in [0.2, 0.25) is 5.91 Å². The number of carbonyl (C=O) groups excluding carboxylic acids is 1. The number of aryl methyl sites for hydroxylation is 1. The molecule has 2 atom stereocenters. The van der Waals surface area contributed by atoms with E-state index in [1.165, 1.54) is 11.3 Å². The van der Waals surface area contributed by atoms with Crippen LogP contribution in [0, 0.1) is 18.8 Å². The first-order chi connectivity index (χ1) is 7.08. The van der Waals surface area contributed by atoms with Crippen LogP contribution in [0.4, 0.5) is 5.13 Å². The lowest BCUT2D eigenvalue weighted by Gasteiger charge is -1.98.